The zero-order chi connectivity index (χ0) is 13.3. The van der Waals surface area contributed by atoms with Crippen molar-refractivity contribution in [1.29, 1.82) is 0 Å². The number of hydrogen-bond donors (Lipinski definition) is 1. The lowest BCUT2D eigenvalue weighted by Crippen LogP contribution is -2.11. The molecule has 0 saturated carbocycles. The van der Waals surface area contributed by atoms with Crippen LogP contribution in [-0.2, 0) is 0 Å². The van der Waals surface area contributed by atoms with E-state index in [2.05, 4.69) is 72.7 Å². The van der Waals surface area contributed by atoms with Crippen molar-refractivity contribution in [2.24, 2.45) is 0 Å². The predicted octanol–water partition coefficient (Wildman–Crippen LogP) is 4.26. The first-order valence-corrected chi connectivity index (χ1v) is 6.92. The Morgan fingerprint density at radius 2 is 1.61 bits per heavy atom. The fourth-order valence-electron chi connectivity index (χ4n) is 2.08. The van der Waals surface area contributed by atoms with Crippen molar-refractivity contribution in [3.05, 3.63) is 51.1 Å². The summed E-state index contributed by atoms with van der Waals surface area (Å²) in [6, 6.07) is 12.6. The molecule has 0 unspecified atom stereocenters. The van der Waals surface area contributed by atoms with Crippen molar-refractivity contribution in [2.45, 2.75) is 13.8 Å². The summed E-state index contributed by atoms with van der Waals surface area (Å²) in [6.07, 6.45) is 0. The number of halogens is 1. The number of hydrogen-bond acceptors (Lipinski definition) is 2. The van der Waals surface area contributed by atoms with Gasteiger partial charge in [0.2, 0.25) is 0 Å². The molecule has 0 amide bonds. The van der Waals surface area contributed by atoms with Gasteiger partial charge in [-0.3, -0.25) is 0 Å². The highest BCUT2D eigenvalue weighted by Gasteiger charge is 2.08. The van der Waals surface area contributed by atoms with E-state index in [1.54, 1.807) is 0 Å². The molecule has 0 radical (unpaired) electrons. The first kappa shape index (κ1) is 13.2. The smallest absolute Gasteiger partial charge is 0.0545 e. The lowest BCUT2D eigenvalue weighted by Gasteiger charge is -2.22. The molecule has 18 heavy (non-hydrogen) atoms. The second-order valence-electron chi connectivity index (χ2n) is 4.62. The molecule has 2 rings (SSSR count). The van der Waals surface area contributed by atoms with Crippen molar-refractivity contribution >= 4 is 39.7 Å². The minimum absolute atomic E-state index is 0.803. The predicted molar refractivity (Wildman–Crippen MR) is 87.6 cm³/mol. The van der Waals surface area contributed by atoms with E-state index in [9.17, 15) is 0 Å². The normalized spacial score (nSPS) is 10.4. The summed E-state index contributed by atoms with van der Waals surface area (Å²) in [6.45, 7) is 4.25. The molecule has 0 heterocycles. The van der Waals surface area contributed by atoms with Crippen molar-refractivity contribution < 1.29 is 0 Å². The van der Waals surface area contributed by atoms with E-state index in [1.165, 1.54) is 22.5 Å². The standard InChI is InChI=1S/C15H17IN2/c1-10-6-11(2)8-13(7-10)18(3)15-5-4-12(17)9-14(15)16/h4-9H,17H2,1-3H3. The van der Waals surface area contributed by atoms with E-state index in [4.69, 9.17) is 5.73 Å². The Balaban J connectivity index is 2.44. The van der Waals surface area contributed by atoms with Gasteiger partial charge in [-0.1, -0.05) is 6.07 Å². The Labute approximate surface area is 122 Å². The Morgan fingerprint density at radius 3 is 2.17 bits per heavy atom. The number of nitrogens with zero attached hydrogens (tertiary/aromatic N) is 1. The minimum Gasteiger partial charge on any atom is -0.399 e. The Kier molecular flexibility index (Phi) is 3.80. The van der Waals surface area contributed by atoms with Gasteiger partial charge in [-0.05, 0) is 77.9 Å². The second kappa shape index (κ2) is 5.18. The average Bonchev–Trinajstić information content (AvgIpc) is 2.26. The lowest BCUT2D eigenvalue weighted by atomic mass is 10.1. The molecule has 0 atom stereocenters. The summed E-state index contributed by atoms with van der Waals surface area (Å²) in [4.78, 5) is 2.20. The van der Waals surface area contributed by atoms with Crippen LogP contribution in [0.5, 0.6) is 0 Å². The van der Waals surface area contributed by atoms with E-state index < -0.39 is 0 Å². The zero-order valence-electron chi connectivity index (χ0n) is 10.9. The highest BCUT2D eigenvalue weighted by molar-refractivity contribution is 14.1. The van der Waals surface area contributed by atoms with Gasteiger partial charge in [0.05, 0.1) is 5.69 Å². The molecule has 3 heteroatoms. The molecule has 2 aromatic carbocycles. The SMILES string of the molecule is Cc1cc(C)cc(N(C)c2ccc(N)cc2I)c1. The molecule has 0 bridgehead atoms. The van der Waals surface area contributed by atoms with Crippen LogP contribution < -0.4 is 10.6 Å². The third-order valence-electron chi connectivity index (χ3n) is 2.93. The maximum absolute atomic E-state index is 5.79. The van der Waals surface area contributed by atoms with Gasteiger partial charge in [-0.15, -0.1) is 0 Å². The maximum atomic E-state index is 5.79. The van der Waals surface area contributed by atoms with Crippen LogP contribution in [0.3, 0.4) is 0 Å². The highest BCUT2D eigenvalue weighted by Crippen LogP contribution is 2.30. The van der Waals surface area contributed by atoms with Crippen LogP contribution in [0.2, 0.25) is 0 Å². The third-order valence-corrected chi connectivity index (χ3v) is 3.79. The molecule has 0 saturated heterocycles. The summed E-state index contributed by atoms with van der Waals surface area (Å²) >= 11 is 2.32. The maximum Gasteiger partial charge on any atom is 0.0545 e. The van der Waals surface area contributed by atoms with Crippen molar-refractivity contribution in [3.8, 4) is 0 Å². The topological polar surface area (TPSA) is 29.3 Å². The average molecular weight is 352 g/mol. The molecule has 2 aromatic rings. The molecule has 0 aromatic heterocycles. The lowest BCUT2D eigenvalue weighted by molar-refractivity contribution is 1.18. The Morgan fingerprint density at radius 1 is 1.00 bits per heavy atom. The first-order chi connectivity index (χ1) is 8.47. The van der Waals surface area contributed by atoms with Crippen LogP contribution in [0.25, 0.3) is 0 Å². The minimum atomic E-state index is 0.803. The summed E-state index contributed by atoms with van der Waals surface area (Å²) in [5.41, 5.74) is 11.5. The molecule has 2 N–H and O–H groups in total. The molecule has 0 fully saturated rings. The van der Waals surface area contributed by atoms with E-state index >= 15 is 0 Å². The number of nitrogens with two attached hydrogens (primary N) is 1. The van der Waals surface area contributed by atoms with Crippen LogP contribution in [0.15, 0.2) is 36.4 Å². The number of benzene rings is 2. The van der Waals surface area contributed by atoms with Crippen LogP contribution in [0.1, 0.15) is 11.1 Å². The molecule has 94 valence electrons. The second-order valence-corrected chi connectivity index (χ2v) is 5.78. The number of anilines is 3. The monoisotopic (exact) mass is 352 g/mol. The van der Waals surface area contributed by atoms with Crippen LogP contribution >= 0.6 is 22.6 Å². The van der Waals surface area contributed by atoms with E-state index in [-0.39, 0.29) is 0 Å². The van der Waals surface area contributed by atoms with Gasteiger partial charge >= 0.3 is 0 Å². The van der Waals surface area contributed by atoms with E-state index in [1.807, 2.05) is 12.1 Å². The fourth-order valence-corrected chi connectivity index (χ4v) is 2.98. The van der Waals surface area contributed by atoms with E-state index in [0.29, 0.717) is 0 Å². The van der Waals surface area contributed by atoms with Gasteiger partial charge in [-0.25, -0.2) is 0 Å². The summed E-state index contributed by atoms with van der Waals surface area (Å²) in [5.74, 6) is 0. The summed E-state index contributed by atoms with van der Waals surface area (Å²) in [5, 5.41) is 0. The van der Waals surface area contributed by atoms with Crippen molar-refractivity contribution in [1.82, 2.24) is 0 Å². The number of aryl methyl sites for hydroxylation is 2. The largest absolute Gasteiger partial charge is 0.399 e. The number of rotatable bonds is 2. The summed E-state index contributed by atoms with van der Waals surface area (Å²) < 4.78 is 1.16. The van der Waals surface area contributed by atoms with Gasteiger partial charge in [0, 0.05) is 22.0 Å². The van der Waals surface area contributed by atoms with Crippen molar-refractivity contribution in [2.75, 3.05) is 17.7 Å². The molecule has 2 nitrogen and oxygen atoms in total. The van der Waals surface area contributed by atoms with Gasteiger partial charge in [-0.2, -0.15) is 0 Å². The van der Waals surface area contributed by atoms with Crippen molar-refractivity contribution in [3.63, 3.8) is 0 Å². The Hall–Kier alpha value is -1.23. The molecule has 0 aliphatic carbocycles. The van der Waals surface area contributed by atoms with E-state index in [0.717, 1.165) is 9.26 Å². The molecule has 0 aliphatic heterocycles. The van der Waals surface area contributed by atoms with Gasteiger partial charge < -0.3 is 10.6 Å². The Bertz CT molecular complexity index is 558. The quantitative estimate of drug-likeness (QED) is 0.647. The van der Waals surface area contributed by atoms with Gasteiger partial charge in [0.25, 0.3) is 0 Å². The first-order valence-electron chi connectivity index (χ1n) is 5.84. The van der Waals surface area contributed by atoms with Crippen LogP contribution in [0, 0.1) is 17.4 Å². The fraction of sp³-hybridized carbons (Fsp3) is 0.200. The summed E-state index contributed by atoms with van der Waals surface area (Å²) in [7, 11) is 2.09. The molecular formula is C15H17IN2. The molecule has 0 aliphatic rings. The molecule has 0 spiro atoms. The van der Waals surface area contributed by atoms with Crippen LogP contribution in [0.4, 0.5) is 17.1 Å². The zero-order valence-corrected chi connectivity index (χ0v) is 13.0. The van der Waals surface area contributed by atoms with Gasteiger partial charge in [0.1, 0.15) is 0 Å². The van der Waals surface area contributed by atoms with Gasteiger partial charge in [0.15, 0.2) is 0 Å². The third kappa shape index (κ3) is 2.77. The van der Waals surface area contributed by atoms with Crippen LogP contribution in [-0.4, -0.2) is 7.05 Å². The highest BCUT2D eigenvalue weighted by atomic mass is 127. The number of nitrogen functional groups attached to an aromatic ring is 1. The molecular weight excluding hydrogens is 335 g/mol.